The molecule has 0 saturated carbocycles. The molecule has 1 atom stereocenters. The molecule has 0 spiro atoms. The van der Waals surface area contributed by atoms with Crippen LogP contribution in [-0.4, -0.2) is 9.97 Å². The first kappa shape index (κ1) is 14.7. The van der Waals surface area contributed by atoms with Gasteiger partial charge in [0.15, 0.2) is 0 Å². The molecule has 0 radical (unpaired) electrons. The van der Waals surface area contributed by atoms with Gasteiger partial charge >= 0.3 is 0 Å². The summed E-state index contributed by atoms with van der Waals surface area (Å²) in [7, 11) is 0. The van der Waals surface area contributed by atoms with Gasteiger partial charge in [-0.1, -0.05) is 37.6 Å². The Labute approximate surface area is 123 Å². The quantitative estimate of drug-likeness (QED) is 0.839. The molecule has 5 heteroatoms. The molecule has 20 heavy (non-hydrogen) atoms. The Bertz CT molecular complexity index is 601. The van der Waals surface area contributed by atoms with Crippen molar-refractivity contribution in [3.63, 3.8) is 0 Å². The van der Waals surface area contributed by atoms with Crippen LogP contribution in [0.3, 0.4) is 0 Å². The minimum absolute atomic E-state index is 0.0725. The van der Waals surface area contributed by atoms with Crippen molar-refractivity contribution in [2.24, 2.45) is 0 Å². The van der Waals surface area contributed by atoms with Gasteiger partial charge in [0.1, 0.15) is 22.6 Å². The Balaban J connectivity index is 2.21. The van der Waals surface area contributed by atoms with Crippen LogP contribution in [0.2, 0.25) is 5.15 Å². The maximum atomic E-state index is 13.2. The molecule has 0 fully saturated rings. The first-order valence-electron chi connectivity index (χ1n) is 6.52. The zero-order chi connectivity index (χ0) is 14.7. The third kappa shape index (κ3) is 3.67. The molecule has 3 nitrogen and oxygen atoms in total. The van der Waals surface area contributed by atoms with Gasteiger partial charge in [-0.3, -0.25) is 0 Å². The van der Waals surface area contributed by atoms with Crippen LogP contribution in [0.4, 0.5) is 10.2 Å². The van der Waals surface area contributed by atoms with Gasteiger partial charge < -0.3 is 5.32 Å². The van der Waals surface area contributed by atoms with Crippen molar-refractivity contribution < 1.29 is 4.39 Å². The number of nitrogens with zero attached hydrogens (tertiary/aromatic N) is 2. The Morgan fingerprint density at radius 2 is 1.90 bits per heavy atom. The van der Waals surface area contributed by atoms with Gasteiger partial charge in [-0.15, -0.1) is 0 Å². The largest absolute Gasteiger partial charge is 0.363 e. The van der Waals surface area contributed by atoms with E-state index >= 15 is 0 Å². The molecule has 0 amide bonds. The molecule has 0 bridgehead atoms. The second-order valence-electron chi connectivity index (χ2n) is 5.01. The van der Waals surface area contributed by atoms with Gasteiger partial charge in [0.25, 0.3) is 0 Å². The van der Waals surface area contributed by atoms with Gasteiger partial charge in [-0.25, -0.2) is 14.4 Å². The van der Waals surface area contributed by atoms with Crippen LogP contribution in [0.25, 0.3) is 0 Å². The van der Waals surface area contributed by atoms with Crippen molar-refractivity contribution >= 4 is 17.4 Å². The first-order chi connectivity index (χ1) is 9.45. The van der Waals surface area contributed by atoms with Gasteiger partial charge in [-0.2, -0.15) is 0 Å². The van der Waals surface area contributed by atoms with Gasteiger partial charge in [-0.05, 0) is 24.6 Å². The van der Waals surface area contributed by atoms with E-state index in [1.807, 2.05) is 26.8 Å². The lowest BCUT2D eigenvalue weighted by atomic mass is 10.1. The van der Waals surface area contributed by atoms with Crippen molar-refractivity contribution in [3.8, 4) is 0 Å². The Morgan fingerprint density at radius 3 is 2.55 bits per heavy atom. The fraction of sp³-hybridized carbons (Fsp3) is 0.333. The molecule has 1 aromatic carbocycles. The summed E-state index contributed by atoms with van der Waals surface area (Å²) in [6, 6.07) is 8.08. The van der Waals surface area contributed by atoms with Crippen LogP contribution < -0.4 is 5.32 Å². The fourth-order valence-electron chi connectivity index (χ4n) is 1.85. The average molecular weight is 294 g/mol. The summed E-state index contributed by atoms with van der Waals surface area (Å²) in [4.78, 5) is 8.60. The molecule has 1 N–H and O–H groups in total. The molecular formula is C15H17ClFN3. The number of halogens is 2. The predicted octanol–water partition coefficient (Wildman–Crippen LogP) is 4.57. The summed E-state index contributed by atoms with van der Waals surface area (Å²) in [6.45, 7) is 5.96. The van der Waals surface area contributed by atoms with E-state index in [9.17, 15) is 4.39 Å². The van der Waals surface area contributed by atoms with Gasteiger partial charge in [0, 0.05) is 12.0 Å². The maximum Gasteiger partial charge on any atom is 0.135 e. The van der Waals surface area contributed by atoms with Crippen LogP contribution in [-0.2, 0) is 0 Å². The Morgan fingerprint density at radius 1 is 1.15 bits per heavy atom. The third-order valence-electron chi connectivity index (χ3n) is 2.94. The molecule has 2 rings (SSSR count). The molecule has 1 heterocycles. The van der Waals surface area contributed by atoms with E-state index in [2.05, 4.69) is 15.3 Å². The Kier molecular flexibility index (Phi) is 4.55. The molecule has 0 aliphatic rings. The summed E-state index contributed by atoms with van der Waals surface area (Å²) in [6.07, 6.45) is 0. The number of hydrogen-bond donors (Lipinski definition) is 1. The second-order valence-corrected chi connectivity index (χ2v) is 5.40. The molecule has 2 aromatic rings. The zero-order valence-corrected chi connectivity index (χ0v) is 12.4. The van der Waals surface area contributed by atoms with Gasteiger partial charge in [0.05, 0.1) is 6.04 Å². The second kappa shape index (κ2) is 6.18. The van der Waals surface area contributed by atoms with E-state index in [4.69, 9.17) is 11.6 Å². The summed E-state index contributed by atoms with van der Waals surface area (Å²) in [5.41, 5.74) is 0.853. The lowest BCUT2D eigenvalue weighted by molar-refractivity contribution is 0.623. The highest BCUT2D eigenvalue weighted by molar-refractivity contribution is 6.29. The minimum atomic E-state index is -0.250. The van der Waals surface area contributed by atoms with E-state index in [1.54, 1.807) is 12.1 Å². The predicted molar refractivity (Wildman–Crippen MR) is 79.6 cm³/mol. The molecule has 106 valence electrons. The summed E-state index contributed by atoms with van der Waals surface area (Å²) < 4.78 is 13.2. The van der Waals surface area contributed by atoms with Crippen LogP contribution in [0.5, 0.6) is 0 Å². The highest BCUT2D eigenvalue weighted by Gasteiger charge is 2.11. The molecule has 1 unspecified atom stereocenters. The van der Waals surface area contributed by atoms with Crippen LogP contribution in [0.15, 0.2) is 30.3 Å². The number of anilines is 1. The fourth-order valence-corrected chi connectivity index (χ4v) is 2.04. The van der Waals surface area contributed by atoms with Crippen molar-refractivity contribution in [3.05, 3.63) is 52.7 Å². The van der Waals surface area contributed by atoms with Gasteiger partial charge in [0.2, 0.25) is 0 Å². The number of benzene rings is 1. The lowest BCUT2D eigenvalue weighted by Crippen LogP contribution is -2.10. The maximum absolute atomic E-state index is 13.2. The minimum Gasteiger partial charge on any atom is -0.363 e. The van der Waals surface area contributed by atoms with E-state index in [1.165, 1.54) is 12.1 Å². The van der Waals surface area contributed by atoms with Crippen molar-refractivity contribution in [2.45, 2.75) is 32.7 Å². The number of hydrogen-bond acceptors (Lipinski definition) is 3. The van der Waals surface area contributed by atoms with E-state index in [0.717, 1.165) is 5.56 Å². The van der Waals surface area contributed by atoms with Crippen molar-refractivity contribution in [2.75, 3.05) is 5.32 Å². The summed E-state index contributed by atoms with van der Waals surface area (Å²) in [5.74, 6) is 1.27. The molecule has 0 saturated heterocycles. The molecule has 1 aromatic heterocycles. The van der Waals surface area contributed by atoms with Crippen LogP contribution in [0.1, 0.15) is 44.1 Å². The lowest BCUT2D eigenvalue weighted by Gasteiger charge is -2.16. The molecule has 0 aliphatic carbocycles. The van der Waals surface area contributed by atoms with E-state index < -0.39 is 0 Å². The Hall–Kier alpha value is -1.68. The highest BCUT2D eigenvalue weighted by Crippen LogP contribution is 2.22. The van der Waals surface area contributed by atoms with Crippen LogP contribution in [0, 0.1) is 5.82 Å². The number of aromatic nitrogens is 2. The SMILES string of the molecule is CC(C)c1nc(Cl)cc(NC(C)c2cccc(F)c2)n1. The average Bonchev–Trinajstić information content (AvgIpc) is 2.37. The topological polar surface area (TPSA) is 37.8 Å². The van der Waals surface area contributed by atoms with Crippen molar-refractivity contribution in [1.29, 1.82) is 0 Å². The van der Waals surface area contributed by atoms with Crippen LogP contribution >= 0.6 is 11.6 Å². The summed E-state index contributed by atoms with van der Waals surface area (Å²) >= 11 is 6.00. The highest BCUT2D eigenvalue weighted by atomic mass is 35.5. The molecular weight excluding hydrogens is 277 g/mol. The number of nitrogens with one attached hydrogen (secondary N) is 1. The van der Waals surface area contributed by atoms with Crippen molar-refractivity contribution in [1.82, 2.24) is 9.97 Å². The van der Waals surface area contributed by atoms with E-state index in [0.29, 0.717) is 16.8 Å². The first-order valence-corrected chi connectivity index (χ1v) is 6.90. The number of rotatable bonds is 4. The zero-order valence-electron chi connectivity index (χ0n) is 11.7. The monoisotopic (exact) mass is 293 g/mol. The normalized spacial score (nSPS) is 12.5. The standard InChI is InChI=1S/C15H17ClFN3/c1-9(2)15-19-13(16)8-14(20-15)18-10(3)11-5-4-6-12(17)7-11/h4-10H,1-3H3,(H,18,19,20). The third-order valence-corrected chi connectivity index (χ3v) is 3.14. The van der Waals surface area contributed by atoms with E-state index in [-0.39, 0.29) is 17.8 Å². The smallest absolute Gasteiger partial charge is 0.135 e. The molecule has 0 aliphatic heterocycles. The summed E-state index contributed by atoms with van der Waals surface area (Å²) in [5, 5.41) is 3.62.